The first-order chi connectivity index (χ1) is 7.73. The summed E-state index contributed by atoms with van der Waals surface area (Å²) in [6, 6.07) is 0. The largest absolute Gasteiger partial charge is 0.369 e. The smallest absolute Gasteiger partial charge is 0.224 e. The summed E-state index contributed by atoms with van der Waals surface area (Å²) in [6.07, 6.45) is 4.07. The summed E-state index contributed by atoms with van der Waals surface area (Å²) >= 11 is 1.58. The molecule has 3 N–H and O–H groups in total. The molecule has 1 heterocycles. The Morgan fingerprint density at radius 2 is 2.31 bits per heavy atom. The Morgan fingerprint density at radius 1 is 1.56 bits per heavy atom. The van der Waals surface area contributed by atoms with Gasteiger partial charge in [0.25, 0.3) is 0 Å². The zero-order valence-electron chi connectivity index (χ0n) is 9.24. The molecule has 1 aliphatic carbocycles. The number of carbonyl (C=O) groups is 1. The zero-order chi connectivity index (χ0) is 11.4. The van der Waals surface area contributed by atoms with Gasteiger partial charge in [-0.2, -0.15) is 0 Å². The molecule has 88 valence electrons. The molecule has 2 rings (SSSR count). The summed E-state index contributed by atoms with van der Waals surface area (Å²) in [5, 5.41) is 5.31. The predicted molar refractivity (Wildman–Crippen MR) is 63.9 cm³/mol. The minimum absolute atomic E-state index is 0.157. The van der Waals surface area contributed by atoms with Crippen LogP contribution >= 0.6 is 11.3 Å². The molecule has 0 aromatic carbocycles. The number of nitrogens with one attached hydrogen (secondary N) is 1. The molecule has 5 heteroatoms. The van der Waals surface area contributed by atoms with Crippen molar-refractivity contribution in [2.45, 2.75) is 32.2 Å². The quantitative estimate of drug-likeness (QED) is 0.813. The number of thiazole rings is 1. The van der Waals surface area contributed by atoms with Gasteiger partial charge in [-0.15, -0.1) is 11.3 Å². The standard InChI is InChI=1S/C11H17N3OS/c12-10(15)11(3-1-2-4-11)7-13-5-9-6-16-8-14-9/h6,8,13H,1-5,7H2,(H2,12,15). The van der Waals surface area contributed by atoms with E-state index in [1.54, 1.807) is 11.3 Å². The van der Waals surface area contributed by atoms with Crippen LogP contribution in [0.2, 0.25) is 0 Å². The number of amides is 1. The van der Waals surface area contributed by atoms with Gasteiger partial charge in [0.1, 0.15) is 0 Å². The van der Waals surface area contributed by atoms with Crippen LogP contribution in [0.5, 0.6) is 0 Å². The van der Waals surface area contributed by atoms with Crippen LogP contribution < -0.4 is 11.1 Å². The number of primary amides is 1. The second-order valence-electron chi connectivity index (χ2n) is 4.44. The van der Waals surface area contributed by atoms with Gasteiger partial charge in [-0.25, -0.2) is 4.98 Å². The van der Waals surface area contributed by atoms with Crippen LogP contribution in [0.15, 0.2) is 10.9 Å². The van der Waals surface area contributed by atoms with E-state index in [0.29, 0.717) is 6.54 Å². The maximum absolute atomic E-state index is 11.5. The normalized spacial score (nSPS) is 18.8. The van der Waals surface area contributed by atoms with E-state index in [9.17, 15) is 4.79 Å². The van der Waals surface area contributed by atoms with Crippen molar-refractivity contribution in [3.8, 4) is 0 Å². The molecule has 1 fully saturated rings. The highest BCUT2D eigenvalue weighted by Gasteiger charge is 2.38. The van der Waals surface area contributed by atoms with E-state index in [2.05, 4.69) is 10.3 Å². The third kappa shape index (κ3) is 2.41. The molecule has 1 aliphatic rings. The summed E-state index contributed by atoms with van der Waals surface area (Å²) in [5.74, 6) is -0.157. The lowest BCUT2D eigenvalue weighted by atomic mass is 9.85. The van der Waals surface area contributed by atoms with Gasteiger partial charge in [0.15, 0.2) is 0 Å². The lowest BCUT2D eigenvalue weighted by Crippen LogP contribution is -2.42. The predicted octanol–water partition coefficient (Wildman–Crippen LogP) is 1.28. The molecule has 0 saturated heterocycles. The molecule has 0 unspecified atom stereocenters. The molecule has 0 atom stereocenters. The summed E-state index contributed by atoms with van der Waals surface area (Å²) in [4.78, 5) is 15.7. The van der Waals surface area contributed by atoms with E-state index < -0.39 is 0 Å². The van der Waals surface area contributed by atoms with Gasteiger partial charge in [0, 0.05) is 18.5 Å². The Kier molecular flexibility index (Phi) is 3.56. The average Bonchev–Trinajstić information content (AvgIpc) is 2.88. The van der Waals surface area contributed by atoms with E-state index in [4.69, 9.17) is 5.73 Å². The van der Waals surface area contributed by atoms with Gasteiger partial charge in [-0.1, -0.05) is 12.8 Å². The van der Waals surface area contributed by atoms with Crippen molar-refractivity contribution >= 4 is 17.2 Å². The van der Waals surface area contributed by atoms with Crippen LogP contribution in [0.1, 0.15) is 31.4 Å². The van der Waals surface area contributed by atoms with Crippen LogP contribution in [-0.4, -0.2) is 17.4 Å². The first-order valence-corrected chi connectivity index (χ1v) is 6.55. The lowest BCUT2D eigenvalue weighted by Gasteiger charge is -2.25. The average molecular weight is 239 g/mol. The summed E-state index contributed by atoms with van der Waals surface area (Å²) in [7, 11) is 0. The van der Waals surface area contributed by atoms with Crippen LogP contribution in [0.25, 0.3) is 0 Å². The van der Waals surface area contributed by atoms with Gasteiger partial charge in [-0.05, 0) is 12.8 Å². The number of hydrogen-bond donors (Lipinski definition) is 2. The van der Waals surface area contributed by atoms with Crippen molar-refractivity contribution in [3.63, 3.8) is 0 Å². The van der Waals surface area contributed by atoms with Gasteiger partial charge in [0.2, 0.25) is 5.91 Å². The molecule has 16 heavy (non-hydrogen) atoms. The number of aromatic nitrogens is 1. The number of carbonyl (C=O) groups excluding carboxylic acids is 1. The zero-order valence-corrected chi connectivity index (χ0v) is 10.1. The van der Waals surface area contributed by atoms with Crippen molar-refractivity contribution in [2.24, 2.45) is 11.1 Å². The number of hydrogen-bond acceptors (Lipinski definition) is 4. The Morgan fingerprint density at radius 3 is 2.88 bits per heavy atom. The van der Waals surface area contributed by atoms with Crippen molar-refractivity contribution in [3.05, 3.63) is 16.6 Å². The van der Waals surface area contributed by atoms with Crippen LogP contribution in [-0.2, 0) is 11.3 Å². The molecular weight excluding hydrogens is 222 g/mol. The maximum atomic E-state index is 11.5. The van der Waals surface area contributed by atoms with E-state index in [-0.39, 0.29) is 11.3 Å². The Labute approximate surface area is 99.3 Å². The summed E-state index contributed by atoms with van der Waals surface area (Å²) < 4.78 is 0. The third-order valence-corrected chi connectivity index (χ3v) is 3.97. The van der Waals surface area contributed by atoms with Gasteiger partial charge in [-0.3, -0.25) is 4.79 Å². The minimum atomic E-state index is -0.310. The lowest BCUT2D eigenvalue weighted by molar-refractivity contribution is -0.127. The molecule has 1 saturated carbocycles. The monoisotopic (exact) mass is 239 g/mol. The topological polar surface area (TPSA) is 68.0 Å². The molecule has 0 spiro atoms. The first kappa shape index (κ1) is 11.5. The van der Waals surface area contributed by atoms with E-state index in [0.717, 1.165) is 37.9 Å². The number of nitrogens with two attached hydrogens (primary N) is 1. The number of nitrogens with zero attached hydrogens (tertiary/aromatic N) is 1. The second kappa shape index (κ2) is 4.93. The van der Waals surface area contributed by atoms with Crippen LogP contribution in [0, 0.1) is 5.41 Å². The molecule has 0 aliphatic heterocycles. The minimum Gasteiger partial charge on any atom is -0.369 e. The van der Waals surface area contributed by atoms with E-state index in [1.165, 1.54) is 0 Å². The highest BCUT2D eigenvalue weighted by Crippen LogP contribution is 2.37. The van der Waals surface area contributed by atoms with Crippen LogP contribution in [0.3, 0.4) is 0 Å². The molecule has 1 aromatic heterocycles. The molecule has 0 radical (unpaired) electrons. The summed E-state index contributed by atoms with van der Waals surface area (Å²) in [6.45, 7) is 1.40. The second-order valence-corrected chi connectivity index (χ2v) is 5.15. The molecule has 4 nitrogen and oxygen atoms in total. The fraction of sp³-hybridized carbons (Fsp3) is 0.636. The van der Waals surface area contributed by atoms with Gasteiger partial charge < -0.3 is 11.1 Å². The molecular formula is C11H17N3OS. The number of rotatable bonds is 5. The van der Waals surface area contributed by atoms with Gasteiger partial charge in [0.05, 0.1) is 16.6 Å². The van der Waals surface area contributed by atoms with Crippen molar-refractivity contribution in [2.75, 3.05) is 6.54 Å². The highest BCUT2D eigenvalue weighted by molar-refractivity contribution is 7.07. The van der Waals surface area contributed by atoms with Crippen LogP contribution in [0.4, 0.5) is 0 Å². The van der Waals surface area contributed by atoms with E-state index in [1.807, 2.05) is 10.9 Å². The molecule has 1 amide bonds. The molecule has 1 aromatic rings. The fourth-order valence-electron chi connectivity index (χ4n) is 2.32. The fourth-order valence-corrected chi connectivity index (χ4v) is 2.88. The maximum Gasteiger partial charge on any atom is 0.224 e. The first-order valence-electron chi connectivity index (χ1n) is 5.61. The van der Waals surface area contributed by atoms with Crippen molar-refractivity contribution < 1.29 is 4.79 Å². The summed E-state index contributed by atoms with van der Waals surface area (Å²) in [5.41, 5.74) is 8.04. The molecule has 0 bridgehead atoms. The SMILES string of the molecule is NC(=O)C1(CNCc2cscn2)CCCC1. The Hall–Kier alpha value is -0.940. The Bertz CT molecular complexity index is 344. The highest BCUT2D eigenvalue weighted by atomic mass is 32.1. The Balaban J connectivity index is 1.85. The third-order valence-electron chi connectivity index (χ3n) is 3.34. The van der Waals surface area contributed by atoms with Gasteiger partial charge >= 0.3 is 0 Å². The van der Waals surface area contributed by atoms with E-state index >= 15 is 0 Å². The van der Waals surface area contributed by atoms with Crippen molar-refractivity contribution in [1.82, 2.24) is 10.3 Å². The van der Waals surface area contributed by atoms with Crippen molar-refractivity contribution in [1.29, 1.82) is 0 Å².